The number of aromatic nitrogens is 1. The van der Waals surface area contributed by atoms with Crippen molar-refractivity contribution in [3.05, 3.63) is 76.4 Å². The fraction of sp³-hybridized carbons (Fsp3) is 0.200. The number of rotatable bonds is 6. The number of thiazole rings is 1. The minimum Gasteiger partial charge on any atom is -0.504 e. The van der Waals surface area contributed by atoms with Crippen LogP contribution in [0.3, 0.4) is 0 Å². The highest BCUT2D eigenvalue weighted by Gasteiger charge is 2.12. The van der Waals surface area contributed by atoms with Gasteiger partial charge in [0.05, 0.1) is 18.5 Å². The summed E-state index contributed by atoms with van der Waals surface area (Å²) in [4.78, 5) is 5.55. The van der Waals surface area contributed by atoms with Crippen molar-refractivity contribution in [2.45, 2.75) is 26.8 Å². The fourth-order valence-electron chi connectivity index (χ4n) is 3.39. The highest BCUT2D eigenvalue weighted by molar-refractivity contribution is 7.07. The van der Waals surface area contributed by atoms with Crippen molar-refractivity contribution in [2.24, 2.45) is 10.1 Å². The lowest BCUT2D eigenvalue weighted by molar-refractivity contribution is 0.318. The number of aromatic hydroxyl groups is 1. The molecule has 0 saturated carbocycles. The average molecular weight is 432 g/mol. The van der Waals surface area contributed by atoms with Crippen LogP contribution < -0.4 is 9.54 Å². The molecule has 1 N–H and O–H groups in total. The summed E-state index contributed by atoms with van der Waals surface area (Å²) < 4.78 is 7.34. The molecular formula is C25H25N3O2S. The zero-order valence-electron chi connectivity index (χ0n) is 17.8. The first-order chi connectivity index (χ1) is 15.1. The Bertz CT molecular complexity index is 1300. The number of para-hydroxylation sites is 1. The maximum atomic E-state index is 10.5. The quantitative estimate of drug-likeness (QED) is 0.400. The first-order valence-corrected chi connectivity index (χ1v) is 11.2. The normalized spacial score (nSPS) is 12.3. The van der Waals surface area contributed by atoms with Gasteiger partial charge in [-0.1, -0.05) is 48.5 Å². The lowest BCUT2D eigenvalue weighted by Crippen LogP contribution is -2.14. The molecule has 1 aromatic heterocycles. The van der Waals surface area contributed by atoms with E-state index in [4.69, 9.17) is 14.8 Å². The molecule has 158 valence electrons. The van der Waals surface area contributed by atoms with E-state index in [2.05, 4.69) is 35.7 Å². The Labute approximate surface area is 185 Å². The van der Waals surface area contributed by atoms with Crippen molar-refractivity contribution in [2.75, 3.05) is 6.61 Å². The van der Waals surface area contributed by atoms with Crippen LogP contribution in [0.15, 0.2) is 76.1 Å². The van der Waals surface area contributed by atoms with Crippen LogP contribution in [0.2, 0.25) is 0 Å². The molecule has 0 aliphatic carbocycles. The van der Waals surface area contributed by atoms with Crippen LogP contribution in [-0.4, -0.2) is 28.6 Å². The molecule has 0 atom stereocenters. The summed E-state index contributed by atoms with van der Waals surface area (Å²) in [5, 5.41) is 19.7. The number of phenolic OH excluding ortho intramolecular Hbond substituents is 1. The van der Waals surface area contributed by atoms with Crippen LogP contribution >= 0.6 is 11.3 Å². The summed E-state index contributed by atoms with van der Waals surface area (Å²) in [6.45, 7) is 6.46. The first kappa shape index (κ1) is 20.9. The van der Waals surface area contributed by atoms with Crippen LogP contribution in [0.5, 0.6) is 11.5 Å². The van der Waals surface area contributed by atoms with E-state index in [0.29, 0.717) is 17.9 Å². The van der Waals surface area contributed by atoms with Gasteiger partial charge >= 0.3 is 0 Å². The lowest BCUT2D eigenvalue weighted by Gasteiger charge is -2.09. The molecular weight excluding hydrogens is 406 g/mol. The van der Waals surface area contributed by atoms with Crippen molar-refractivity contribution >= 4 is 28.3 Å². The van der Waals surface area contributed by atoms with E-state index in [0.717, 1.165) is 21.4 Å². The topological polar surface area (TPSA) is 59.1 Å². The zero-order valence-corrected chi connectivity index (χ0v) is 18.6. The molecule has 31 heavy (non-hydrogen) atoms. The van der Waals surface area contributed by atoms with Gasteiger partial charge in [0.1, 0.15) is 0 Å². The van der Waals surface area contributed by atoms with Crippen LogP contribution in [-0.2, 0) is 0 Å². The molecule has 1 heterocycles. The van der Waals surface area contributed by atoms with E-state index < -0.39 is 0 Å². The van der Waals surface area contributed by atoms with Crippen LogP contribution in [0, 0.1) is 0 Å². The Morgan fingerprint density at radius 2 is 1.84 bits per heavy atom. The summed E-state index contributed by atoms with van der Waals surface area (Å²) in [6.07, 6.45) is 1.65. The smallest absolute Gasteiger partial charge is 0.206 e. The standard InChI is InChI=1S/C25H25N3O2S/c1-4-30-23-14-8-11-19(24(23)29)15-26-28-22(16-31-25(28)27-17(2)3)21-13-7-10-18-9-5-6-12-20(18)21/h5-17,29H,4H2,1-3H3. The predicted molar refractivity (Wildman–Crippen MR) is 128 cm³/mol. The average Bonchev–Trinajstić information content (AvgIpc) is 3.15. The number of hydrogen-bond acceptors (Lipinski definition) is 5. The molecule has 3 aromatic carbocycles. The number of nitrogens with zero attached hydrogens (tertiary/aromatic N) is 3. The minimum atomic E-state index is 0.0815. The van der Waals surface area contributed by atoms with Crippen LogP contribution in [0.4, 0.5) is 0 Å². The van der Waals surface area contributed by atoms with E-state index in [-0.39, 0.29) is 11.8 Å². The van der Waals surface area contributed by atoms with Crippen molar-refractivity contribution < 1.29 is 9.84 Å². The molecule has 0 amide bonds. The van der Waals surface area contributed by atoms with E-state index in [1.54, 1.807) is 23.6 Å². The largest absolute Gasteiger partial charge is 0.504 e. The fourth-order valence-corrected chi connectivity index (χ4v) is 4.35. The molecule has 0 bridgehead atoms. The summed E-state index contributed by atoms with van der Waals surface area (Å²) >= 11 is 1.55. The molecule has 0 aliphatic heterocycles. The van der Waals surface area contributed by atoms with Crippen molar-refractivity contribution in [1.82, 2.24) is 4.68 Å². The van der Waals surface area contributed by atoms with Crippen molar-refractivity contribution in [3.8, 4) is 22.8 Å². The van der Waals surface area contributed by atoms with Crippen molar-refractivity contribution in [3.63, 3.8) is 0 Å². The Hall–Kier alpha value is -3.38. The molecule has 0 spiro atoms. The Morgan fingerprint density at radius 3 is 2.65 bits per heavy atom. The molecule has 0 radical (unpaired) electrons. The third-order valence-electron chi connectivity index (χ3n) is 4.76. The number of fused-ring (bicyclic) bond motifs is 1. The van der Waals surface area contributed by atoms with Gasteiger partial charge in [0.15, 0.2) is 11.5 Å². The van der Waals surface area contributed by atoms with Gasteiger partial charge < -0.3 is 9.84 Å². The van der Waals surface area contributed by atoms with Gasteiger partial charge in [-0.05, 0) is 43.7 Å². The van der Waals surface area contributed by atoms with Gasteiger partial charge in [-0.25, -0.2) is 4.68 Å². The Morgan fingerprint density at radius 1 is 1.06 bits per heavy atom. The molecule has 0 unspecified atom stereocenters. The third kappa shape index (κ3) is 4.39. The second-order valence-corrected chi connectivity index (χ2v) is 8.17. The second-order valence-electron chi connectivity index (χ2n) is 7.34. The molecule has 4 rings (SSSR count). The van der Waals surface area contributed by atoms with Gasteiger partial charge in [-0.15, -0.1) is 11.3 Å². The van der Waals surface area contributed by atoms with Gasteiger partial charge in [0.25, 0.3) is 0 Å². The highest BCUT2D eigenvalue weighted by Crippen LogP contribution is 2.30. The van der Waals surface area contributed by atoms with E-state index in [1.165, 1.54) is 5.39 Å². The molecule has 0 fully saturated rings. The molecule has 4 aromatic rings. The summed E-state index contributed by atoms with van der Waals surface area (Å²) in [5.41, 5.74) is 2.63. The van der Waals surface area contributed by atoms with Gasteiger partial charge in [-0.3, -0.25) is 4.99 Å². The Kier molecular flexibility index (Phi) is 6.18. The van der Waals surface area contributed by atoms with E-state index in [1.807, 2.05) is 49.7 Å². The van der Waals surface area contributed by atoms with Crippen LogP contribution in [0.25, 0.3) is 22.0 Å². The van der Waals surface area contributed by atoms with E-state index in [9.17, 15) is 5.11 Å². The maximum Gasteiger partial charge on any atom is 0.206 e. The van der Waals surface area contributed by atoms with Crippen LogP contribution in [0.1, 0.15) is 26.3 Å². The number of ether oxygens (including phenoxy) is 1. The summed E-state index contributed by atoms with van der Waals surface area (Å²) in [5.74, 6) is 0.529. The predicted octanol–water partition coefficient (Wildman–Crippen LogP) is 5.67. The number of hydrogen-bond donors (Lipinski definition) is 1. The van der Waals surface area contributed by atoms with Gasteiger partial charge in [-0.2, -0.15) is 5.10 Å². The number of benzene rings is 3. The molecule has 5 nitrogen and oxygen atoms in total. The van der Waals surface area contributed by atoms with Gasteiger partial charge in [0, 0.05) is 22.5 Å². The Balaban J connectivity index is 1.87. The first-order valence-electron chi connectivity index (χ1n) is 10.3. The number of phenols is 1. The SMILES string of the molecule is CCOc1cccc(C=Nn2c(-c3cccc4ccccc34)csc2=NC(C)C)c1O. The van der Waals surface area contributed by atoms with E-state index >= 15 is 0 Å². The lowest BCUT2D eigenvalue weighted by atomic mass is 10.0. The summed E-state index contributed by atoms with van der Waals surface area (Å²) in [6, 6.07) is 20.1. The van der Waals surface area contributed by atoms with Gasteiger partial charge in [0.2, 0.25) is 4.80 Å². The maximum absolute atomic E-state index is 10.5. The molecule has 0 saturated heterocycles. The van der Waals surface area contributed by atoms with Crippen molar-refractivity contribution in [1.29, 1.82) is 0 Å². The molecule has 6 heteroatoms. The second kappa shape index (κ2) is 9.18. The third-order valence-corrected chi connectivity index (χ3v) is 5.59. The zero-order chi connectivity index (χ0) is 21.8. The highest BCUT2D eigenvalue weighted by atomic mass is 32.1. The monoisotopic (exact) mass is 431 g/mol. The molecule has 0 aliphatic rings. The minimum absolute atomic E-state index is 0.0815. The summed E-state index contributed by atoms with van der Waals surface area (Å²) in [7, 11) is 0.